The summed E-state index contributed by atoms with van der Waals surface area (Å²) >= 11 is 2.16. The van der Waals surface area contributed by atoms with Crippen molar-refractivity contribution in [3.8, 4) is 0 Å². The number of anilines is 1. The zero-order chi connectivity index (χ0) is 11.1. The van der Waals surface area contributed by atoms with Crippen molar-refractivity contribution < 1.29 is 4.74 Å². The molecule has 1 fully saturated rings. The van der Waals surface area contributed by atoms with E-state index in [2.05, 4.69) is 39.5 Å². The van der Waals surface area contributed by atoms with Gasteiger partial charge in [-0.3, -0.25) is 0 Å². The molecule has 0 bridgehead atoms. The molecule has 1 aromatic heterocycles. The van der Waals surface area contributed by atoms with E-state index in [1.54, 1.807) is 7.11 Å². The minimum atomic E-state index is 0.154. The molecule has 0 radical (unpaired) electrons. The second-order valence-electron chi connectivity index (χ2n) is 4.19. The van der Waals surface area contributed by atoms with Gasteiger partial charge in [-0.15, -0.1) is 0 Å². The van der Waals surface area contributed by atoms with Gasteiger partial charge in [-0.1, -0.05) is 6.92 Å². The number of hydrogen-bond acceptors (Lipinski definition) is 4. The van der Waals surface area contributed by atoms with Crippen LogP contribution in [-0.4, -0.2) is 17.1 Å². The molecule has 4 nitrogen and oxygen atoms in total. The number of nitrogens with two attached hydrogens (primary N) is 1. The number of aromatic nitrogens is 2. The standard InChI is InChI=1S/C10H14IN3O/c1-10(3-4-10)9-13-6(5-15-2)7(11)8(12)14-9/h3-5H2,1-2H3,(H2,12,13,14). The Morgan fingerprint density at radius 3 is 2.67 bits per heavy atom. The van der Waals surface area contributed by atoms with Gasteiger partial charge in [0.15, 0.2) is 0 Å². The van der Waals surface area contributed by atoms with Crippen LogP contribution in [0.4, 0.5) is 5.82 Å². The largest absolute Gasteiger partial charge is 0.383 e. The molecule has 1 saturated carbocycles. The first-order valence-corrected chi connectivity index (χ1v) is 5.96. The Balaban J connectivity index is 2.41. The summed E-state index contributed by atoms with van der Waals surface area (Å²) in [7, 11) is 1.66. The highest BCUT2D eigenvalue weighted by atomic mass is 127. The summed E-state index contributed by atoms with van der Waals surface area (Å²) < 4.78 is 6.01. The van der Waals surface area contributed by atoms with Crippen molar-refractivity contribution in [1.82, 2.24) is 9.97 Å². The molecule has 1 aromatic rings. The van der Waals surface area contributed by atoms with E-state index >= 15 is 0 Å². The molecule has 0 spiro atoms. The van der Waals surface area contributed by atoms with E-state index in [4.69, 9.17) is 10.5 Å². The van der Waals surface area contributed by atoms with E-state index < -0.39 is 0 Å². The van der Waals surface area contributed by atoms with Gasteiger partial charge in [-0.05, 0) is 35.4 Å². The Hall–Kier alpha value is -0.430. The number of halogens is 1. The van der Waals surface area contributed by atoms with Crippen molar-refractivity contribution in [2.24, 2.45) is 0 Å². The SMILES string of the molecule is COCc1nc(C2(C)CC2)nc(N)c1I. The molecule has 1 aliphatic rings. The van der Waals surface area contributed by atoms with Crippen molar-refractivity contribution in [2.75, 3.05) is 12.8 Å². The summed E-state index contributed by atoms with van der Waals surface area (Å²) in [4.78, 5) is 8.89. The van der Waals surface area contributed by atoms with Crippen LogP contribution < -0.4 is 5.73 Å². The van der Waals surface area contributed by atoms with Gasteiger partial charge in [-0.2, -0.15) is 0 Å². The first-order chi connectivity index (χ1) is 7.07. The third-order valence-electron chi connectivity index (χ3n) is 2.77. The van der Waals surface area contributed by atoms with Crippen molar-refractivity contribution >= 4 is 28.4 Å². The smallest absolute Gasteiger partial charge is 0.141 e. The maximum Gasteiger partial charge on any atom is 0.141 e. The maximum absolute atomic E-state index is 5.86. The van der Waals surface area contributed by atoms with Gasteiger partial charge in [0.25, 0.3) is 0 Å². The first-order valence-electron chi connectivity index (χ1n) is 4.88. The minimum Gasteiger partial charge on any atom is -0.383 e. The van der Waals surface area contributed by atoms with Gasteiger partial charge >= 0.3 is 0 Å². The summed E-state index contributed by atoms with van der Waals surface area (Å²) in [5.41, 5.74) is 6.91. The van der Waals surface area contributed by atoms with E-state index in [0.29, 0.717) is 12.4 Å². The van der Waals surface area contributed by atoms with Crippen LogP contribution >= 0.6 is 22.6 Å². The molecule has 0 unspecified atom stereocenters. The first kappa shape index (κ1) is 11.1. The Bertz CT molecular complexity index is 390. The van der Waals surface area contributed by atoms with Crippen LogP contribution in [0.5, 0.6) is 0 Å². The molecule has 82 valence electrons. The lowest BCUT2D eigenvalue weighted by Crippen LogP contribution is -2.13. The molecule has 0 atom stereocenters. The van der Waals surface area contributed by atoms with Gasteiger partial charge in [0.2, 0.25) is 0 Å². The van der Waals surface area contributed by atoms with Crippen LogP contribution in [0.15, 0.2) is 0 Å². The fourth-order valence-corrected chi connectivity index (χ4v) is 1.82. The van der Waals surface area contributed by atoms with E-state index in [9.17, 15) is 0 Å². The van der Waals surface area contributed by atoms with Crippen LogP contribution in [0, 0.1) is 3.57 Å². The lowest BCUT2D eigenvalue weighted by Gasteiger charge is -2.11. The highest BCUT2D eigenvalue weighted by Crippen LogP contribution is 2.46. The van der Waals surface area contributed by atoms with Crippen LogP contribution in [-0.2, 0) is 16.8 Å². The quantitative estimate of drug-likeness (QED) is 0.864. The van der Waals surface area contributed by atoms with E-state index in [1.165, 1.54) is 0 Å². The third-order valence-corrected chi connectivity index (χ3v) is 3.94. The van der Waals surface area contributed by atoms with Crippen molar-refractivity contribution in [3.63, 3.8) is 0 Å². The highest BCUT2D eigenvalue weighted by molar-refractivity contribution is 14.1. The Morgan fingerprint density at radius 2 is 2.13 bits per heavy atom. The predicted octanol–water partition coefficient (Wildman–Crippen LogP) is 1.86. The van der Waals surface area contributed by atoms with Crippen LogP contribution in [0.25, 0.3) is 0 Å². The molecule has 0 aliphatic heterocycles. The molecule has 0 aromatic carbocycles. The minimum absolute atomic E-state index is 0.154. The number of nitrogens with zero attached hydrogens (tertiary/aromatic N) is 2. The normalized spacial score (nSPS) is 17.8. The summed E-state index contributed by atoms with van der Waals surface area (Å²) in [5.74, 6) is 1.44. The Morgan fingerprint density at radius 1 is 1.47 bits per heavy atom. The molecule has 5 heteroatoms. The summed E-state index contributed by atoms with van der Waals surface area (Å²) in [6.07, 6.45) is 2.30. The van der Waals surface area contributed by atoms with Gasteiger partial charge in [-0.25, -0.2) is 9.97 Å². The third kappa shape index (κ3) is 2.08. The Labute approximate surface area is 103 Å². The molecule has 1 heterocycles. The van der Waals surface area contributed by atoms with E-state index in [1.807, 2.05) is 0 Å². The highest BCUT2D eigenvalue weighted by Gasteiger charge is 2.42. The molecule has 2 N–H and O–H groups in total. The summed E-state index contributed by atoms with van der Waals surface area (Å²) in [5, 5.41) is 0. The van der Waals surface area contributed by atoms with E-state index in [0.717, 1.165) is 27.9 Å². The lowest BCUT2D eigenvalue weighted by atomic mass is 10.1. The molecular formula is C10H14IN3O. The van der Waals surface area contributed by atoms with E-state index in [-0.39, 0.29) is 5.41 Å². The molecular weight excluding hydrogens is 305 g/mol. The summed E-state index contributed by atoms with van der Waals surface area (Å²) in [6, 6.07) is 0. The lowest BCUT2D eigenvalue weighted by molar-refractivity contribution is 0.180. The predicted molar refractivity (Wildman–Crippen MR) is 66.5 cm³/mol. The van der Waals surface area contributed by atoms with Crippen LogP contribution in [0.2, 0.25) is 0 Å². The number of rotatable bonds is 3. The van der Waals surface area contributed by atoms with Gasteiger partial charge in [0, 0.05) is 12.5 Å². The monoisotopic (exact) mass is 319 g/mol. The number of hydrogen-bond donors (Lipinski definition) is 1. The second kappa shape index (κ2) is 3.86. The average molecular weight is 319 g/mol. The van der Waals surface area contributed by atoms with Crippen molar-refractivity contribution in [1.29, 1.82) is 0 Å². The topological polar surface area (TPSA) is 61.0 Å². The average Bonchev–Trinajstić information content (AvgIpc) is 2.93. The van der Waals surface area contributed by atoms with Crippen LogP contribution in [0.1, 0.15) is 31.3 Å². The zero-order valence-corrected chi connectivity index (χ0v) is 11.0. The van der Waals surface area contributed by atoms with Crippen molar-refractivity contribution in [3.05, 3.63) is 15.1 Å². The summed E-state index contributed by atoms with van der Waals surface area (Å²) in [6.45, 7) is 2.67. The number of methoxy groups -OCH3 is 1. The Kier molecular flexibility index (Phi) is 2.85. The van der Waals surface area contributed by atoms with Crippen LogP contribution in [0.3, 0.4) is 0 Å². The fourth-order valence-electron chi connectivity index (χ4n) is 1.43. The second-order valence-corrected chi connectivity index (χ2v) is 5.27. The maximum atomic E-state index is 5.86. The van der Waals surface area contributed by atoms with Gasteiger partial charge in [0.1, 0.15) is 11.6 Å². The molecule has 15 heavy (non-hydrogen) atoms. The molecule has 1 aliphatic carbocycles. The molecule has 2 rings (SSSR count). The van der Waals surface area contributed by atoms with Gasteiger partial charge in [0.05, 0.1) is 15.9 Å². The van der Waals surface area contributed by atoms with Gasteiger partial charge < -0.3 is 10.5 Å². The van der Waals surface area contributed by atoms with Crippen molar-refractivity contribution in [2.45, 2.75) is 31.8 Å². The number of nitrogen functional groups attached to an aromatic ring is 1. The molecule has 0 saturated heterocycles. The fraction of sp³-hybridized carbons (Fsp3) is 0.600. The molecule has 0 amide bonds. The number of ether oxygens (including phenoxy) is 1. The zero-order valence-electron chi connectivity index (χ0n) is 8.88.